The van der Waals surface area contributed by atoms with Crippen molar-refractivity contribution >= 4 is 19.1 Å². The van der Waals surface area contributed by atoms with Gasteiger partial charge >= 0.3 is 35.0 Å². The average molecular weight is 1160 g/mol. The Morgan fingerprint density at radius 2 is 0.829 bits per heavy atom. The van der Waals surface area contributed by atoms with Crippen molar-refractivity contribution in [3.8, 4) is 12.1 Å². The van der Waals surface area contributed by atoms with Gasteiger partial charge in [-0.05, 0) is 83.5 Å². The molecule has 0 aliphatic carbocycles. The normalized spacial score (nSPS) is 22.3. The van der Waals surface area contributed by atoms with Crippen molar-refractivity contribution in [3.63, 3.8) is 0 Å². The molecule has 4 unspecified atom stereocenters. The number of hydrogen-bond donors (Lipinski definition) is 0. The van der Waals surface area contributed by atoms with Gasteiger partial charge in [-0.1, -0.05) is 211 Å². The average Bonchev–Trinajstić information content (AvgIpc) is 3.46. The monoisotopic (exact) mass is 1160 g/mol. The first-order chi connectivity index (χ1) is 36.6. The fraction of sp³-hybridized carbons (Fsp3) is 0.354. The third-order valence-electron chi connectivity index (χ3n) is 13.2. The zero-order valence-corrected chi connectivity index (χ0v) is 47.0. The number of ether oxygens (including phenoxy) is 6. The Kier molecular flexibility index (Phi) is 33.6. The van der Waals surface area contributed by atoms with Crippen LogP contribution in [0.15, 0.2) is 207 Å². The van der Waals surface area contributed by atoms with Crippen molar-refractivity contribution in [2.45, 2.75) is 112 Å². The molecule has 76 heavy (non-hydrogen) atoms. The summed E-state index contributed by atoms with van der Waals surface area (Å²) in [7, 11) is 9.63. The van der Waals surface area contributed by atoms with Crippen molar-refractivity contribution in [3.05, 3.63) is 240 Å². The maximum absolute atomic E-state index is 8.29. The minimum absolute atomic E-state index is 0. The third-order valence-corrected chi connectivity index (χ3v) is 13.2. The summed E-state index contributed by atoms with van der Waals surface area (Å²) in [5.41, 5.74) is 6.18. The van der Waals surface area contributed by atoms with E-state index in [0.29, 0.717) is 74.4 Å². The Balaban J connectivity index is 0.000000295. The summed E-state index contributed by atoms with van der Waals surface area (Å²) < 4.78 is 37.4. The molecule has 0 bridgehead atoms. The summed E-state index contributed by atoms with van der Waals surface area (Å²) in [6.07, 6.45) is 7.06. The van der Waals surface area contributed by atoms with Gasteiger partial charge in [-0.15, -0.1) is 6.58 Å². The number of hydrogen-bond acceptors (Lipinski definition) is 8. The summed E-state index contributed by atoms with van der Waals surface area (Å²) in [6, 6.07) is 63.5. The van der Waals surface area contributed by atoms with E-state index in [4.69, 9.17) is 58.0 Å². The summed E-state index contributed by atoms with van der Waals surface area (Å²) in [5, 5.41) is 16.6. The van der Waals surface area contributed by atoms with Gasteiger partial charge < -0.3 is 28.4 Å². The summed E-state index contributed by atoms with van der Waals surface area (Å²) in [4.78, 5) is 0. The van der Waals surface area contributed by atoms with E-state index in [1.54, 1.807) is 24.3 Å². The van der Waals surface area contributed by atoms with Gasteiger partial charge in [0.2, 0.25) is 0 Å². The SMILES string of the molecule is C.C/C=C/[C@H]1OC(COCc2ccccc2)[C@@H](C)[C@H](C)C1OCc1ccccc1.C=CC[C@H]1OC(COCc2ccccc2)[C@@H](C)[C@H](C)C1OCc1ccccc1.N#Cc1ccccc1.N#Cc1ccccc1.[Cl][Pd][Cl]. The molecule has 8 nitrogen and oxygen atoms in total. The second-order valence-electron chi connectivity index (χ2n) is 18.4. The molecule has 11 heteroatoms. The fourth-order valence-corrected chi connectivity index (χ4v) is 8.62. The number of halogens is 2. The van der Waals surface area contributed by atoms with Crippen LogP contribution in [0, 0.1) is 46.3 Å². The van der Waals surface area contributed by atoms with Gasteiger partial charge in [0.1, 0.15) is 6.10 Å². The van der Waals surface area contributed by atoms with Crippen LogP contribution in [-0.2, 0) is 70.8 Å². The molecule has 2 heterocycles. The van der Waals surface area contributed by atoms with Crippen LogP contribution >= 0.6 is 19.1 Å². The molecule has 0 radical (unpaired) electrons. The molecule has 10 atom stereocenters. The van der Waals surface area contributed by atoms with Crippen LogP contribution in [0.4, 0.5) is 0 Å². The van der Waals surface area contributed by atoms with Crippen LogP contribution in [-0.4, -0.2) is 49.8 Å². The molecular formula is C65H78Cl2N2O6Pd. The Hall–Kier alpha value is -5.22. The molecule has 2 aliphatic heterocycles. The van der Waals surface area contributed by atoms with Gasteiger partial charge in [0.05, 0.1) is 93.4 Å². The van der Waals surface area contributed by atoms with Gasteiger partial charge in [0, 0.05) is 0 Å². The van der Waals surface area contributed by atoms with Gasteiger partial charge in [-0.25, -0.2) is 0 Å². The van der Waals surface area contributed by atoms with Gasteiger partial charge in [0.15, 0.2) is 0 Å². The van der Waals surface area contributed by atoms with E-state index in [-0.39, 0.29) is 60.0 Å². The Labute approximate surface area is 471 Å². The molecular weight excluding hydrogens is 1080 g/mol. The van der Waals surface area contributed by atoms with E-state index >= 15 is 0 Å². The predicted molar refractivity (Wildman–Crippen MR) is 307 cm³/mol. The van der Waals surface area contributed by atoms with Crippen molar-refractivity contribution < 1.29 is 44.4 Å². The van der Waals surface area contributed by atoms with E-state index in [1.165, 1.54) is 22.3 Å². The van der Waals surface area contributed by atoms with Gasteiger partial charge in [-0.3, -0.25) is 0 Å². The van der Waals surface area contributed by atoms with Crippen LogP contribution in [0.25, 0.3) is 0 Å². The molecule has 2 fully saturated rings. The third kappa shape index (κ3) is 24.0. The number of rotatable bonds is 17. The van der Waals surface area contributed by atoms with Crippen LogP contribution in [0.2, 0.25) is 0 Å². The second kappa shape index (κ2) is 39.2. The van der Waals surface area contributed by atoms with E-state index in [1.807, 2.05) is 140 Å². The first kappa shape index (κ1) is 65.1. The van der Waals surface area contributed by atoms with Gasteiger partial charge in [-0.2, -0.15) is 10.5 Å². The molecule has 0 amide bonds. The number of benzene rings is 6. The van der Waals surface area contributed by atoms with Crippen molar-refractivity contribution in [1.82, 2.24) is 0 Å². The van der Waals surface area contributed by atoms with Crippen LogP contribution < -0.4 is 0 Å². The molecule has 8 rings (SSSR count). The molecule has 2 aliphatic rings. The molecule has 0 N–H and O–H groups in total. The molecule has 6 aromatic rings. The number of allylic oxidation sites excluding steroid dienone is 1. The van der Waals surface area contributed by atoms with E-state index in [9.17, 15) is 0 Å². The van der Waals surface area contributed by atoms with Crippen LogP contribution in [0.5, 0.6) is 0 Å². The first-order valence-electron chi connectivity index (χ1n) is 25.5. The molecule has 2 saturated heterocycles. The molecule has 0 saturated carbocycles. The van der Waals surface area contributed by atoms with Gasteiger partial charge in [0.25, 0.3) is 0 Å². The molecule has 0 aromatic heterocycles. The maximum atomic E-state index is 8.29. The van der Waals surface area contributed by atoms with Crippen molar-refractivity contribution in [1.29, 1.82) is 10.5 Å². The van der Waals surface area contributed by atoms with Crippen molar-refractivity contribution in [2.24, 2.45) is 23.7 Å². The fourth-order valence-electron chi connectivity index (χ4n) is 8.62. The predicted octanol–water partition coefficient (Wildman–Crippen LogP) is 15.9. The number of nitrogens with zero attached hydrogens (tertiary/aromatic N) is 2. The Morgan fingerprint density at radius 1 is 0.500 bits per heavy atom. The van der Waals surface area contributed by atoms with Crippen molar-refractivity contribution in [2.75, 3.05) is 13.2 Å². The number of nitriles is 2. The Morgan fingerprint density at radius 3 is 1.17 bits per heavy atom. The van der Waals surface area contributed by atoms with E-state index < -0.39 is 0 Å². The molecule has 0 spiro atoms. The zero-order valence-electron chi connectivity index (χ0n) is 43.9. The Bertz CT molecular complexity index is 2450. The summed E-state index contributed by atoms with van der Waals surface area (Å²) in [5.74, 6) is 1.48. The summed E-state index contributed by atoms with van der Waals surface area (Å²) >= 11 is -0.106. The van der Waals surface area contributed by atoms with Crippen LogP contribution in [0.1, 0.15) is 81.8 Å². The standard InChI is InChI=1S/2C25H32O3.2C7H5N.CH4.2ClH.Pd/c2*1-4-11-23-25(27-17-22-14-9-6-10-15-22)20(3)19(2)24(28-23)18-26-16-21-12-7-5-8-13-21;2*8-6-7-4-2-1-3-5-7;;;;/h4-15,19-20,23-25H,16-18H2,1-3H3;4-10,12-15,19-20,23-25H,1,11,16-18H2,2-3H3;2*1-5H;1H4;2*1H;/q;;;;;;;+2/p-2/b11-4+;;;;;;;/t2*19-,20-,23+,24?,25?;;;;;;/m00....../s1. The second-order valence-corrected chi connectivity index (χ2v) is 20.7. The minimum atomic E-state index is -0.106. The summed E-state index contributed by atoms with van der Waals surface area (Å²) in [6.45, 7) is 18.6. The topological polar surface area (TPSA) is 103 Å². The van der Waals surface area contributed by atoms with Crippen LogP contribution in [0.3, 0.4) is 0 Å². The van der Waals surface area contributed by atoms with E-state index in [0.717, 1.165) is 6.42 Å². The molecule has 6 aromatic carbocycles. The zero-order chi connectivity index (χ0) is 53.9. The first-order valence-corrected chi connectivity index (χ1v) is 29.5. The quantitative estimate of drug-likeness (QED) is 0.0657. The molecule has 408 valence electrons. The van der Waals surface area contributed by atoms with E-state index in [2.05, 4.69) is 88.9 Å².